The Kier molecular flexibility index (Phi) is 5.99. The van der Waals surface area contributed by atoms with Crippen LogP contribution in [0, 0.1) is 11.8 Å². The Balaban J connectivity index is 2.02. The van der Waals surface area contributed by atoms with Crippen LogP contribution < -0.4 is 10.1 Å². The van der Waals surface area contributed by atoms with Crippen molar-refractivity contribution in [3.63, 3.8) is 0 Å². The smallest absolute Gasteiger partial charge is 0.218 e. The number of anilines is 1. The van der Waals surface area contributed by atoms with Crippen LogP contribution >= 0.6 is 0 Å². The molecular formula is C16H25N3O2. The fraction of sp³-hybridized carbons (Fsp3) is 0.625. The van der Waals surface area contributed by atoms with Gasteiger partial charge in [-0.25, -0.2) is 4.98 Å². The van der Waals surface area contributed by atoms with E-state index >= 15 is 0 Å². The van der Waals surface area contributed by atoms with Gasteiger partial charge in [-0.2, -0.15) is 4.98 Å². The molecule has 116 valence electrons. The van der Waals surface area contributed by atoms with E-state index in [1.807, 2.05) is 13.0 Å². The molecule has 5 nitrogen and oxygen atoms in total. The van der Waals surface area contributed by atoms with Gasteiger partial charge in [0.05, 0.1) is 6.61 Å². The van der Waals surface area contributed by atoms with Crippen molar-refractivity contribution >= 4 is 5.82 Å². The Bertz CT molecular complexity index is 452. The summed E-state index contributed by atoms with van der Waals surface area (Å²) in [7, 11) is 1.64. The molecule has 2 unspecified atom stereocenters. The first-order chi connectivity index (χ1) is 10.2. The van der Waals surface area contributed by atoms with Crippen molar-refractivity contribution in [3.8, 4) is 5.88 Å². The highest BCUT2D eigenvalue weighted by atomic mass is 16.5. The molecule has 21 heavy (non-hydrogen) atoms. The Morgan fingerprint density at radius 3 is 2.81 bits per heavy atom. The molecule has 0 aromatic carbocycles. The second kappa shape index (κ2) is 7.98. The van der Waals surface area contributed by atoms with E-state index in [4.69, 9.17) is 9.47 Å². The molecule has 0 aliphatic heterocycles. The topological polar surface area (TPSA) is 56.3 Å². The van der Waals surface area contributed by atoms with Gasteiger partial charge in [0.2, 0.25) is 5.88 Å². The van der Waals surface area contributed by atoms with Gasteiger partial charge in [0.15, 0.2) is 5.82 Å². The molecule has 0 spiro atoms. The van der Waals surface area contributed by atoms with Gasteiger partial charge in [-0.3, -0.25) is 0 Å². The largest absolute Gasteiger partial charge is 0.477 e. The molecule has 1 N–H and O–H groups in total. The van der Waals surface area contributed by atoms with Crippen molar-refractivity contribution in [3.05, 3.63) is 24.0 Å². The van der Waals surface area contributed by atoms with Crippen LogP contribution in [0.4, 0.5) is 5.82 Å². The van der Waals surface area contributed by atoms with Crippen molar-refractivity contribution in [2.75, 3.05) is 25.6 Å². The second-order valence-corrected chi connectivity index (χ2v) is 5.46. The van der Waals surface area contributed by atoms with Crippen LogP contribution in [0.3, 0.4) is 0 Å². The van der Waals surface area contributed by atoms with Gasteiger partial charge in [0, 0.05) is 19.7 Å². The molecule has 1 aromatic heterocycles. The minimum Gasteiger partial charge on any atom is -0.477 e. The number of hydrogen-bond acceptors (Lipinski definition) is 5. The Hall–Kier alpha value is -1.62. The van der Waals surface area contributed by atoms with Gasteiger partial charge in [0.25, 0.3) is 0 Å². The summed E-state index contributed by atoms with van der Waals surface area (Å²) in [5.41, 5.74) is 0. The SMILES string of the molecule is CCNc1cc(OCC2CC=CCC2C)nc(COC)n1. The van der Waals surface area contributed by atoms with Gasteiger partial charge < -0.3 is 14.8 Å². The Morgan fingerprint density at radius 2 is 2.10 bits per heavy atom. The standard InChI is InChI=1S/C16H25N3O2/c1-4-17-14-9-16(19-15(18-14)11-20-3)21-10-13-8-6-5-7-12(13)2/h5-6,9,12-13H,4,7-8,10-11H2,1-3H3,(H,17,18,19). The van der Waals surface area contributed by atoms with E-state index in [0.29, 0.717) is 36.8 Å². The lowest BCUT2D eigenvalue weighted by Gasteiger charge is -2.25. The minimum atomic E-state index is 0.387. The van der Waals surface area contributed by atoms with Gasteiger partial charge in [-0.1, -0.05) is 19.1 Å². The first-order valence-corrected chi connectivity index (χ1v) is 7.61. The van der Waals surface area contributed by atoms with Crippen molar-refractivity contribution < 1.29 is 9.47 Å². The highest BCUT2D eigenvalue weighted by Crippen LogP contribution is 2.26. The predicted molar refractivity (Wildman–Crippen MR) is 83.4 cm³/mol. The molecule has 0 saturated carbocycles. The third-order valence-electron chi connectivity index (χ3n) is 3.74. The molecular weight excluding hydrogens is 266 g/mol. The summed E-state index contributed by atoms with van der Waals surface area (Å²) >= 11 is 0. The first kappa shape index (κ1) is 15.8. The summed E-state index contributed by atoms with van der Waals surface area (Å²) in [5, 5.41) is 3.20. The Labute approximate surface area is 126 Å². The van der Waals surface area contributed by atoms with E-state index in [-0.39, 0.29) is 0 Å². The molecule has 1 heterocycles. The zero-order chi connectivity index (χ0) is 15.1. The lowest BCUT2D eigenvalue weighted by molar-refractivity contribution is 0.171. The Morgan fingerprint density at radius 1 is 1.29 bits per heavy atom. The minimum absolute atomic E-state index is 0.387. The number of hydrogen-bond donors (Lipinski definition) is 1. The predicted octanol–water partition coefficient (Wildman–Crippen LogP) is 3.04. The van der Waals surface area contributed by atoms with E-state index in [2.05, 4.69) is 34.4 Å². The van der Waals surface area contributed by atoms with Crippen molar-refractivity contribution in [1.82, 2.24) is 9.97 Å². The molecule has 2 atom stereocenters. The molecule has 5 heteroatoms. The molecule has 0 bridgehead atoms. The van der Waals surface area contributed by atoms with Crippen LogP contribution in [0.5, 0.6) is 5.88 Å². The molecule has 1 aliphatic rings. The van der Waals surface area contributed by atoms with Gasteiger partial charge in [-0.15, -0.1) is 0 Å². The maximum atomic E-state index is 5.91. The molecule has 0 saturated heterocycles. The number of ether oxygens (including phenoxy) is 2. The molecule has 1 aliphatic carbocycles. The molecule has 2 rings (SSSR count). The number of aromatic nitrogens is 2. The third kappa shape index (κ3) is 4.70. The van der Waals surface area contributed by atoms with Crippen LogP contribution in [0.2, 0.25) is 0 Å². The van der Waals surface area contributed by atoms with Crippen LogP contribution in [0.25, 0.3) is 0 Å². The highest BCUT2D eigenvalue weighted by Gasteiger charge is 2.19. The number of nitrogens with one attached hydrogen (secondary N) is 1. The molecule has 1 aromatic rings. The van der Waals surface area contributed by atoms with Gasteiger partial charge >= 0.3 is 0 Å². The fourth-order valence-corrected chi connectivity index (χ4v) is 2.44. The summed E-state index contributed by atoms with van der Waals surface area (Å²) in [4.78, 5) is 8.78. The highest BCUT2D eigenvalue weighted by molar-refractivity contribution is 5.38. The average Bonchev–Trinajstić information content (AvgIpc) is 2.47. The zero-order valence-corrected chi connectivity index (χ0v) is 13.1. The van der Waals surface area contributed by atoms with Crippen LogP contribution in [-0.2, 0) is 11.3 Å². The fourth-order valence-electron chi connectivity index (χ4n) is 2.44. The average molecular weight is 291 g/mol. The van der Waals surface area contributed by atoms with Gasteiger partial charge in [-0.05, 0) is 31.6 Å². The van der Waals surface area contributed by atoms with E-state index in [1.165, 1.54) is 0 Å². The summed E-state index contributed by atoms with van der Waals surface area (Å²) in [5.74, 6) is 3.25. The third-order valence-corrected chi connectivity index (χ3v) is 3.74. The summed E-state index contributed by atoms with van der Waals surface area (Å²) < 4.78 is 11.0. The monoisotopic (exact) mass is 291 g/mol. The molecule has 0 amide bonds. The van der Waals surface area contributed by atoms with Crippen molar-refractivity contribution in [2.24, 2.45) is 11.8 Å². The van der Waals surface area contributed by atoms with E-state index in [9.17, 15) is 0 Å². The number of allylic oxidation sites excluding steroid dienone is 2. The lowest BCUT2D eigenvalue weighted by atomic mass is 9.85. The zero-order valence-electron chi connectivity index (χ0n) is 13.1. The summed E-state index contributed by atoms with van der Waals surface area (Å²) in [6.07, 6.45) is 6.72. The van der Waals surface area contributed by atoms with Crippen molar-refractivity contribution in [1.29, 1.82) is 0 Å². The first-order valence-electron chi connectivity index (χ1n) is 7.61. The lowest BCUT2D eigenvalue weighted by Crippen LogP contribution is -2.21. The maximum Gasteiger partial charge on any atom is 0.218 e. The summed E-state index contributed by atoms with van der Waals surface area (Å²) in [6.45, 7) is 6.21. The quantitative estimate of drug-likeness (QED) is 0.783. The normalized spacial score (nSPS) is 21.3. The molecule has 0 fully saturated rings. The number of rotatable bonds is 7. The van der Waals surface area contributed by atoms with E-state index < -0.39 is 0 Å². The van der Waals surface area contributed by atoms with Crippen LogP contribution in [0.15, 0.2) is 18.2 Å². The second-order valence-electron chi connectivity index (χ2n) is 5.46. The number of nitrogens with zero attached hydrogens (tertiary/aromatic N) is 2. The van der Waals surface area contributed by atoms with Gasteiger partial charge in [0.1, 0.15) is 12.4 Å². The summed E-state index contributed by atoms with van der Waals surface area (Å²) in [6, 6.07) is 1.85. The maximum absolute atomic E-state index is 5.91. The van der Waals surface area contributed by atoms with Crippen molar-refractivity contribution in [2.45, 2.75) is 33.3 Å². The van der Waals surface area contributed by atoms with Crippen LogP contribution in [-0.4, -0.2) is 30.2 Å². The molecule has 0 radical (unpaired) electrons. The number of methoxy groups -OCH3 is 1. The van der Waals surface area contributed by atoms with E-state index in [1.54, 1.807) is 7.11 Å². The van der Waals surface area contributed by atoms with E-state index in [0.717, 1.165) is 25.2 Å². The van der Waals surface area contributed by atoms with Crippen LogP contribution in [0.1, 0.15) is 32.5 Å².